The molecular weight excluding hydrogens is 1270 g/mol. The first-order chi connectivity index (χ1) is 45.3. The Hall–Kier alpha value is -11.0. The number of hydrogen-bond acceptors (Lipinski definition) is 20. The van der Waals surface area contributed by atoms with E-state index in [0.29, 0.717) is 41.4 Å². The number of carbonyl (C=O) groups is 15. The van der Waals surface area contributed by atoms with Gasteiger partial charge in [0.1, 0.15) is 60.1 Å². The van der Waals surface area contributed by atoms with E-state index in [9.17, 15) is 97.5 Å². The number of unbranched alkanes of at least 4 members (excludes halogenated alkanes) is 1. The summed E-state index contributed by atoms with van der Waals surface area (Å²) in [5.74, 6) is -18.8. The van der Waals surface area contributed by atoms with Crippen LogP contribution in [0.25, 0.3) is 10.9 Å². The van der Waals surface area contributed by atoms with E-state index >= 15 is 0 Å². The predicted molar refractivity (Wildman–Crippen MR) is 337 cm³/mol. The van der Waals surface area contributed by atoms with Crippen molar-refractivity contribution in [2.45, 2.75) is 151 Å². The Morgan fingerprint density at radius 1 is 0.521 bits per heavy atom. The van der Waals surface area contributed by atoms with Crippen LogP contribution in [0.1, 0.15) is 88.7 Å². The largest absolute Gasteiger partial charge is 0.508 e. The van der Waals surface area contributed by atoms with Crippen molar-refractivity contribution >= 4 is 106 Å². The number of phenolic OH excluding ortho intramolecular Hbond substituents is 1. The highest BCUT2D eigenvalue weighted by atomic mass is 16.4. The maximum Gasteiger partial charge on any atom is 0.325 e. The molecule has 3 rings (SSSR count). The summed E-state index contributed by atoms with van der Waals surface area (Å²) >= 11 is 0. The van der Waals surface area contributed by atoms with Gasteiger partial charge in [0.25, 0.3) is 0 Å². The van der Waals surface area contributed by atoms with E-state index in [1.807, 2.05) is 0 Å². The smallest absolute Gasteiger partial charge is 0.325 e. The number of nitrogens with two attached hydrogens (primary N) is 6. The van der Waals surface area contributed by atoms with Crippen molar-refractivity contribution in [3.8, 4) is 5.75 Å². The lowest BCUT2D eigenvalue weighted by atomic mass is 10.0. The minimum Gasteiger partial charge on any atom is -0.508 e. The Kier molecular flexibility index (Phi) is 33.1. The second-order valence-corrected chi connectivity index (χ2v) is 22.0. The third-order valence-corrected chi connectivity index (χ3v) is 14.3. The molecule has 38 heteroatoms. The molecule has 96 heavy (non-hydrogen) atoms. The quantitative estimate of drug-likeness (QED) is 0.0142. The summed E-state index contributed by atoms with van der Waals surface area (Å²) in [7, 11) is 0. The molecule has 0 bridgehead atoms. The molecule has 0 unspecified atom stereocenters. The van der Waals surface area contributed by atoms with Crippen molar-refractivity contribution < 1.29 is 97.5 Å². The number of phenols is 1. The number of carbonyl (C=O) groups excluding carboxylic acids is 12. The molecule has 0 fully saturated rings. The first-order valence-electron chi connectivity index (χ1n) is 30.0. The third kappa shape index (κ3) is 28.5. The SMILES string of the molecule is C[C@H](NC(=O)[C@H](Cc1ccc(O)cc1)NC(=O)[C@H](CC(N)=O)NC(=O)[C@H](Cc1c[nH]c2ccccc12)NC(=O)[C@H](CCC(N)=O)NC(=O)[C@H](CCCN=C(N)N)NC(=O)[C@H](CC(=O)O)NC(=O)[C@H](CO)NC(=O)CNC(=O)[C@H](CCC(=O)O)NC(=O)[C@@H](N)CCCCN)C(=O)O. The number of aliphatic carboxylic acids is 3. The first kappa shape index (κ1) is 79.2. The van der Waals surface area contributed by atoms with E-state index in [1.165, 1.54) is 30.5 Å². The van der Waals surface area contributed by atoms with E-state index in [2.05, 4.69) is 63.1 Å². The number of aliphatic hydroxyl groups is 1. The van der Waals surface area contributed by atoms with Crippen LogP contribution in [0.5, 0.6) is 5.75 Å². The number of hydrogen-bond donors (Lipinski definition) is 22. The maximum absolute atomic E-state index is 14.6. The number of fused-ring (bicyclic) bond motifs is 1. The van der Waals surface area contributed by atoms with Gasteiger partial charge in [0.05, 0.1) is 32.0 Å². The van der Waals surface area contributed by atoms with Crippen molar-refractivity contribution in [2.75, 3.05) is 26.2 Å². The molecule has 0 aliphatic rings. The maximum atomic E-state index is 14.6. The Bertz CT molecular complexity index is 3290. The molecule has 1 aromatic heterocycles. The highest BCUT2D eigenvalue weighted by molar-refractivity contribution is 6.00. The van der Waals surface area contributed by atoms with Gasteiger partial charge in [-0.05, 0) is 81.3 Å². The minimum absolute atomic E-state index is 0.133. The molecule has 0 aliphatic carbocycles. The van der Waals surface area contributed by atoms with Crippen LogP contribution in [0.3, 0.4) is 0 Å². The number of guanidine groups is 1. The number of aromatic nitrogens is 1. The van der Waals surface area contributed by atoms with Crippen molar-refractivity contribution in [2.24, 2.45) is 39.4 Å². The fraction of sp³-hybridized carbons (Fsp3) is 0.483. The van der Waals surface area contributed by atoms with Crippen molar-refractivity contribution in [1.82, 2.24) is 58.2 Å². The van der Waals surface area contributed by atoms with Gasteiger partial charge in [-0.2, -0.15) is 0 Å². The molecule has 0 saturated carbocycles. The Labute approximate surface area is 547 Å². The molecule has 1 heterocycles. The van der Waals surface area contributed by atoms with Crippen LogP contribution >= 0.6 is 0 Å². The highest BCUT2D eigenvalue weighted by Gasteiger charge is 2.37. The predicted octanol–water partition coefficient (Wildman–Crippen LogP) is -7.77. The lowest BCUT2D eigenvalue weighted by Crippen LogP contribution is -2.61. The lowest BCUT2D eigenvalue weighted by Gasteiger charge is -2.28. The van der Waals surface area contributed by atoms with Gasteiger partial charge in [0.2, 0.25) is 70.9 Å². The number of primary amides is 2. The van der Waals surface area contributed by atoms with Gasteiger partial charge >= 0.3 is 17.9 Å². The van der Waals surface area contributed by atoms with Crippen LogP contribution in [0.2, 0.25) is 0 Å². The zero-order chi connectivity index (χ0) is 71.8. The normalized spacial score (nSPS) is 14.0. The molecule has 0 radical (unpaired) electrons. The fourth-order valence-corrected chi connectivity index (χ4v) is 9.12. The Morgan fingerprint density at radius 3 is 1.59 bits per heavy atom. The molecule has 38 nitrogen and oxygen atoms in total. The van der Waals surface area contributed by atoms with E-state index in [-0.39, 0.29) is 31.6 Å². The minimum atomic E-state index is -2.12. The van der Waals surface area contributed by atoms with Crippen LogP contribution in [-0.4, -0.2) is 212 Å². The zero-order valence-electron chi connectivity index (χ0n) is 52.3. The molecule has 10 atom stereocenters. The van der Waals surface area contributed by atoms with Crippen molar-refractivity contribution in [3.63, 3.8) is 0 Å². The molecule has 12 amide bonds. The summed E-state index contributed by atoms with van der Waals surface area (Å²) in [5, 5.41) is 71.8. The second kappa shape index (κ2) is 40.2. The van der Waals surface area contributed by atoms with E-state index in [4.69, 9.17) is 34.4 Å². The van der Waals surface area contributed by atoms with E-state index in [1.54, 1.807) is 24.3 Å². The van der Waals surface area contributed by atoms with E-state index in [0.717, 1.165) is 6.92 Å². The number of nitrogens with one attached hydrogen (secondary N) is 11. The van der Waals surface area contributed by atoms with Crippen LogP contribution in [-0.2, 0) is 84.8 Å². The molecule has 0 spiro atoms. The van der Waals surface area contributed by atoms with Crippen LogP contribution in [0.15, 0.2) is 59.7 Å². The summed E-state index contributed by atoms with van der Waals surface area (Å²) in [4.78, 5) is 205. The highest BCUT2D eigenvalue weighted by Crippen LogP contribution is 2.20. The van der Waals surface area contributed by atoms with Gasteiger partial charge in [0.15, 0.2) is 5.96 Å². The summed E-state index contributed by atoms with van der Waals surface area (Å²) in [6.07, 6.45) is -3.03. The van der Waals surface area contributed by atoms with Gasteiger partial charge in [-0.25, -0.2) is 0 Å². The Morgan fingerprint density at radius 2 is 1.03 bits per heavy atom. The summed E-state index contributed by atoms with van der Waals surface area (Å²) in [6, 6.07) is -5.06. The molecular formula is C58H84N18O20. The average Bonchev–Trinajstić information content (AvgIpc) is 1.65. The van der Waals surface area contributed by atoms with E-state index < -0.39 is 220 Å². The molecule has 3 aromatic rings. The number of nitrogens with zero attached hydrogens (tertiary/aromatic N) is 1. The molecule has 0 saturated heterocycles. The molecule has 526 valence electrons. The van der Waals surface area contributed by atoms with Gasteiger partial charge in [-0.3, -0.25) is 76.9 Å². The number of carboxylic acids is 3. The van der Waals surface area contributed by atoms with Crippen molar-refractivity contribution in [3.05, 3.63) is 65.9 Å². The fourth-order valence-electron chi connectivity index (χ4n) is 9.12. The number of aromatic amines is 1. The summed E-state index contributed by atoms with van der Waals surface area (Å²) < 4.78 is 0. The zero-order valence-corrected chi connectivity index (χ0v) is 52.3. The van der Waals surface area contributed by atoms with Crippen LogP contribution < -0.4 is 87.6 Å². The molecule has 0 aliphatic heterocycles. The summed E-state index contributed by atoms with van der Waals surface area (Å²) in [5.41, 5.74) is 34.6. The number of carboxylic acid groups (broad SMARTS) is 3. The first-order valence-corrected chi connectivity index (χ1v) is 30.0. The average molecular weight is 1350 g/mol. The lowest BCUT2D eigenvalue weighted by molar-refractivity contribution is -0.142. The van der Waals surface area contributed by atoms with Gasteiger partial charge in [0, 0.05) is 49.3 Å². The molecule has 28 N–H and O–H groups in total. The van der Waals surface area contributed by atoms with Gasteiger partial charge in [-0.1, -0.05) is 36.8 Å². The number of H-pyrrole nitrogens is 1. The molecule has 2 aromatic carbocycles. The number of aliphatic imine (C=N–C) groups is 1. The topological polar surface area (TPSA) is 662 Å². The number of aromatic hydroxyl groups is 1. The Balaban J connectivity index is 1.96. The monoisotopic (exact) mass is 1350 g/mol. The van der Waals surface area contributed by atoms with Crippen molar-refractivity contribution in [1.29, 1.82) is 0 Å². The van der Waals surface area contributed by atoms with Gasteiger partial charge in [-0.15, -0.1) is 0 Å². The number of aliphatic hydroxyl groups excluding tert-OH is 1. The number of rotatable bonds is 44. The summed E-state index contributed by atoms with van der Waals surface area (Å²) in [6.45, 7) is -0.880. The second-order valence-electron chi connectivity index (χ2n) is 22.0. The van der Waals surface area contributed by atoms with Crippen LogP contribution in [0.4, 0.5) is 0 Å². The number of amides is 12. The van der Waals surface area contributed by atoms with Crippen LogP contribution in [0, 0.1) is 0 Å². The number of benzene rings is 2. The third-order valence-electron chi connectivity index (χ3n) is 14.3. The van der Waals surface area contributed by atoms with Gasteiger partial charge < -0.3 is 118 Å². The standard InChI is InChI=1S/C58H84N18O20/c1-28(57(95)96)68-52(90)38(21-29-11-13-31(78)14-12-29)73-54(92)40(23-44(62)80)75-53(91)39(22-30-25-66-34-9-3-2-7-32(30)34)74-51(89)37(15-17-43(61)79)72-50(88)35(10-6-20-65-58(63)64)71-55(93)41(24-47(84)85)76-56(94)42(27-77)69-45(81)26-67-49(87)36(16-18-46(82)83)70-48(86)33(60)8-4-5-19-59/h2-3,7,9,11-14,25,28,33,35-42,66,77-78H,4-6,8,10,15-24,26-27,59-60H2,1H3,(H2,61,79)(H2,62,80)(H,67,87)(H,68,90)(H,69,81)(H,70,86)(H,71,93)(H,72,88)(H,73,92)(H,74,89)(H,75,91)(H,76,94)(H,82,83)(H,84,85)(H,95,96)(H4,63,64,65)/t28-,33-,35-,36-,37-,38-,39-,40-,41-,42-/m0/s1. The number of para-hydroxylation sites is 1.